The van der Waals surface area contributed by atoms with Crippen LogP contribution in [0.25, 0.3) is 0 Å². The normalized spacial score (nSPS) is 20.4. The minimum absolute atomic E-state index is 0.234. The highest BCUT2D eigenvalue weighted by molar-refractivity contribution is 7.89. The van der Waals surface area contributed by atoms with Crippen molar-refractivity contribution in [2.24, 2.45) is 0 Å². The van der Waals surface area contributed by atoms with E-state index in [9.17, 15) is 8.42 Å². The topological polar surface area (TPSA) is 77.5 Å². The Bertz CT molecular complexity index is 1060. The Morgan fingerprint density at radius 1 is 1.11 bits per heavy atom. The third kappa shape index (κ3) is 8.13. The molecule has 0 saturated carbocycles. The van der Waals surface area contributed by atoms with Gasteiger partial charge in [-0.05, 0) is 62.3 Å². The number of nitrogens with zero attached hydrogens (tertiary/aromatic N) is 2. The van der Waals surface area contributed by atoms with Crippen molar-refractivity contribution in [3.63, 3.8) is 0 Å². The Labute approximate surface area is 229 Å². The predicted molar refractivity (Wildman–Crippen MR) is 151 cm³/mol. The minimum atomic E-state index is -3.26. The predicted octanol–water partition coefficient (Wildman–Crippen LogP) is 5.28. The Morgan fingerprint density at radius 3 is 2.61 bits per heavy atom. The molecule has 0 spiro atoms. The monoisotopic (exact) mass is 550 g/mol. The molecule has 0 aromatic heterocycles. The number of likely N-dealkylation sites (tertiary alicyclic amines) is 1. The fourth-order valence-electron chi connectivity index (χ4n) is 5.22. The van der Waals surface area contributed by atoms with Crippen LogP contribution in [0, 0.1) is 0 Å². The zero-order chi connectivity index (χ0) is 27.5. The third-order valence-electron chi connectivity index (χ3n) is 7.46. The molecule has 1 fully saturated rings. The maximum absolute atomic E-state index is 13.1. The van der Waals surface area contributed by atoms with Gasteiger partial charge in [0.1, 0.15) is 5.76 Å². The van der Waals surface area contributed by atoms with Gasteiger partial charge >= 0.3 is 0 Å². The van der Waals surface area contributed by atoms with E-state index in [2.05, 4.69) is 30.0 Å². The van der Waals surface area contributed by atoms with Gasteiger partial charge in [0, 0.05) is 32.2 Å². The van der Waals surface area contributed by atoms with E-state index >= 15 is 0 Å². The smallest absolute Gasteiger partial charge is 0.231 e. The first-order valence-electron chi connectivity index (χ1n) is 13.9. The summed E-state index contributed by atoms with van der Waals surface area (Å²) in [6.07, 6.45) is 9.40. The second kappa shape index (κ2) is 14.8. The van der Waals surface area contributed by atoms with Crippen LogP contribution in [0.5, 0.6) is 11.5 Å². The van der Waals surface area contributed by atoms with Crippen molar-refractivity contribution in [2.45, 2.75) is 71.3 Å². The molecule has 0 amide bonds. The lowest BCUT2D eigenvalue weighted by Gasteiger charge is -2.28. The molecule has 2 atom stereocenters. The number of hydrogen-bond donors (Lipinski definition) is 0. The quantitative estimate of drug-likeness (QED) is 0.158. The summed E-state index contributed by atoms with van der Waals surface area (Å²) in [4.78, 5) is 2.45. The lowest BCUT2D eigenvalue weighted by molar-refractivity contribution is 0.174. The highest BCUT2D eigenvalue weighted by Crippen LogP contribution is 2.39. The number of ether oxygens (including phenoxy) is 4. The average molecular weight is 551 g/mol. The van der Waals surface area contributed by atoms with Crippen molar-refractivity contribution in [3.8, 4) is 11.5 Å². The summed E-state index contributed by atoms with van der Waals surface area (Å²) in [7, 11) is 0.0193. The third-order valence-corrected chi connectivity index (χ3v) is 9.41. The van der Waals surface area contributed by atoms with Gasteiger partial charge in [-0.15, -0.1) is 0 Å². The molecule has 0 unspecified atom stereocenters. The van der Waals surface area contributed by atoms with Crippen molar-refractivity contribution >= 4 is 10.0 Å². The van der Waals surface area contributed by atoms with Gasteiger partial charge in [0.25, 0.3) is 0 Å². The van der Waals surface area contributed by atoms with Crippen LogP contribution in [-0.4, -0.2) is 76.6 Å². The molecule has 0 N–H and O–H groups in total. The van der Waals surface area contributed by atoms with Crippen LogP contribution >= 0.6 is 0 Å². The molecule has 2 aliphatic heterocycles. The summed E-state index contributed by atoms with van der Waals surface area (Å²) in [5.41, 5.74) is 1.23. The Kier molecular flexibility index (Phi) is 11.8. The first-order valence-corrected chi connectivity index (χ1v) is 15.5. The summed E-state index contributed by atoms with van der Waals surface area (Å²) in [6, 6.07) is 6.50. The number of methoxy groups -OCH3 is 2. The molecule has 214 valence electrons. The molecule has 9 heteroatoms. The van der Waals surface area contributed by atoms with E-state index in [1.54, 1.807) is 18.5 Å². The van der Waals surface area contributed by atoms with Gasteiger partial charge in [-0.1, -0.05) is 38.8 Å². The maximum atomic E-state index is 13.1. The number of benzene rings is 1. The first-order chi connectivity index (χ1) is 18.3. The molecule has 38 heavy (non-hydrogen) atoms. The summed E-state index contributed by atoms with van der Waals surface area (Å²) in [5, 5.41) is 0. The Balaban J connectivity index is 1.74. The minimum Gasteiger partial charge on any atom is -0.498 e. The number of allylic oxidation sites excluding steroid dienone is 2. The first kappa shape index (κ1) is 30.3. The molecule has 8 nitrogen and oxygen atoms in total. The van der Waals surface area contributed by atoms with Crippen molar-refractivity contribution in [3.05, 3.63) is 47.4 Å². The van der Waals surface area contributed by atoms with Gasteiger partial charge in [-0.3, -0.25) is 4.90 Å². The molecule has 0 aliphatic carbocycles. The lowest BCUT2D eigenvalue weighted by Crippen LogP contribution is -2.41. The molecule has 1 aromatic rings. The Morgan fingerprint density at radius 2 is 1.89 bits per heavy atom. The van der Waals surface area contributed by atoms with Gasteiger partial charge in [-0.25, -0.2) is 12.7 Å². The van der Waals surface area contributed by atoms with Crippen molar-refractivity contribution in [1.82, 2.24) is 9.21 Å². The second-order valence-electron chi connectivity index (χ2n) is 10.1. The second-order valence-corrected chi connectivity index (χ2v) is 12.2. The largest absolute Gasteiger partial charge is 0.498 e. The molecule has 0 radical (unpaired) electrons. The number of hydrogen-bond acceptors (Lipinski definition) is 7. The SMILES string of the molecule is CCCCCS(=O)(=O)N(CCC)CCN1C[C@H](c2ccc3c(c2)OCO3)C[C@@H]1C/C=C\C(OC)=C(/C)OC. The highest BCUT2D eigenvalue weighted by atomic mass is 32.2. The van der Waals surface area contributed by atoms with E-state index in [-0.39, 0.29) is 18.6 Å². The van der Waals surface area contributed by atoms with E-state index in [1.807, 2.05) is 26.0 Å². The summed E-state index contributed by atoms with van der Waals surface area (Å²) in [6.45, 7) is 8.94. The lowest BCUT2D eigenvalue weighted by atomic mass is 9.95. The molecule has 1 aromatic carbocycles. The van der Waals surface area contributed by atoms with Gasteiger partial charge in [-0.2, -0.15) is 0 Å². The number of sulfonamides is 1. The van der Waals surface area contributed by atoms with Crippen molar-refractivity contribution < 1.29 is 27.4 Å². The molecular weight excluding hydrogens is 504 g/mol. The molecule has 3 rings (SSSR count). The van der Waals surface area contributed by atoms with Crippen LogP contribution in [0.15, 0.2) is 41.9 Å². The van der Waals surface area contributed by atoms with E-state index in [4.69, 9.17) is 18.9 Å². The van der Waals surface area contributed by atoms with Crippen molar-refractivity contribution in [1.29, 1.82) is 0 Å². The maximum Gasteiger partial charge on any atom is 0.231 e. The van der Waals surface area contributed by atoms with Crippen LogP contribution in [0.2, 0.25) is 0 Å². The van der Waals surface area contributed by atoms with Gasteiger partial charge in [0.15, 0.2) is 17.3 Å². The zero-order valence-electron chi connectivity index (χ0n) is 23.8. The van der Waals surface area contributed by atoms with Crippen LogP contribution in [0.3, 0.4) is 0 Å². The van der Waals surface area contributed by atoms with Crippen LogP contribution < -0.4 is 9.47 Å². The summed E-state index contributed by atoms with van der Waals surface area (Å²) >= 11 is 0. The van der Waals surface area contributed by atoms with Crippen LogP contribution in [-0.2, 0) is 19.5 Å². The Hall–Kier alpha value is -2.23. The summed E-state index contributed by atoms with van der Waals surface area (Å²) in [5.74, 6) is 3.60. The van der Waals surface area contributed by atoms with Gasteiger partial charge in [0.2, 0.25) is 16.8 Å². The van der Waals surface area contributed by atoms with Crippen LogP contribution in [0.1, 0.15) is 70.8 Å². The van der Waals surface area contributed by atoms with Crippen LogP contribution in [0.4, 0.5) is 0 Å². The average Bonchev–Trinajstić information content (AvgIpc) is 3.55. The highest BCUT2D eigenvalue weighted by Gasteiger charge is 2.34. The number of fused-ring (bicyclic) bond motifs is 1. The van der Waals surface area contributed by atoms with E-state index in [1.165, 1.54) is 5.56 Å². The van der Waals surface area contributed by atoms with Crippen molar-refractivity contribution in [2.75, 3.05) is 52.9 Å². The fraction of sp³-hybridized carbons (Fsp3) is 0.655. The zero-order valence-corrected chi connectivity index (χ0v) is 24.6. The van der Waals surface area contributed by atoms with Gasteiger partial charge in [0.05, 0.1) is 20.0 Å². The van der Waals surface area contributed by atoms with E-state index in [0.29, 0.717) is 31.3 Å². The van der Waals surface area contributed by atoms with E-state index in [0.717, 1.165) is 62.3 Å². The van der Waals surface area contributed by atoms with Gasteiger partial charge < -0.3 is 18.9 Å². The molecule has 2 aliphatic rings. The molecule has 0 bridgehead atoms. The summed E-state index contributed by atoms with van der Waals surface area (Å²) < 4.78 is 49.8. The molecule has 1 saturated heterocycles. The molecule has 2 heterocycles. The number of rotatable bonds is 16. The standard InChI is InChI=1S/C29H46N2O6S/c1-6-8-9-18-38(32,33)31(15-7-2)17-16-30-21-25(24-13-14-28-29(20-24)37-22-36-28)19-26(30)11-10-12-27(35-5)23(3)34-4/h10,12-14,20,25-26H,6-9,11,15-19,21-22H2,1-5H3/b12-10-,27-23-/t25-,26+/m1/s1. The fourth-order valence-corrected chi connectivity index (χ4v) is 6.86. The number of unbranched alkanes of at least 4 members (excludes halogenated alkanes) is 2. The van der Waals surface area contributed by atoms with E-state index < -0.39 is 10.0 Å². The molecular formula is C29H46N2O6S.